The molecule has 0 saturated carbocycles. The molecule has 0 atom stereocenters. The summed E-state index contributed by atoms with van der Waals surface area (Å²) >= 11 is 0. The molecule has 0 unspecified atom stereocenters. The van der Waals surface area contributed by atoms with Gasteiger partial charge in [0.25, 0.3) is 5.91 Å². The van der Waals surface area contributed by atoms with Crippen LogP contribution in [-0.2, 0) is 19.6 Å². The molecule has 0 bridgehead atoms. The van der Waals surface area contributed by atoms with Gasteiger partial charge in [-0.3, -0.25) is 4.79 Å². The van der Waals surface area contributed by atoms with E-state index in [1.54, 1.807) is 18.2 Å². The molecule has 1 aromatic heterocycles. The second kappa shape index (κ2) is 10.5. The van der Waals surface area contributed by atoms with Crippen molar-refractivity contribution in [3.05, 3.63) is 89.7 Å². The lowest BCUT2D eigenvalue weighted by Gasteiger charge is -2.24. The van der Waals surface area contributed by atoms with Crippen molar-refractivity contribution >= 4 is 5.91 Å². The number of fused-ring (bicyclic) bond motifs is 2. The molecule has 8 heteroatoms. The van der Waals surface area contributed by atoms with Crippen LogP contribution in [0.25, 0.3) is 11.4 Å². The minimum atomic E-state index is -0.106. The highest BCUT2D eigenvalue weighted by Gasteiger charge is 2.24. The highest BCUT2D eigenvalue weighted by Crippen LogP contribution is 2.35. The first-order chi connectivity index (χ1) is 18.7. The molecule has 3 aromatic carbocycles. The van der Waals surface area contributed by atoms with Gasteiger partial charge in [0.15, 0.2) is 23.0 Å². The predicted molar refractivity (Wildman–Crippen MR) is 141 cm³/mol. The van der Waals surface area contributed by atoms with Crippen molar-refractivity contribution in [2.75, 3.05) is 13.6 Å². The van der Waals surface area contributed by atoms with Crippen LogP contribution in [0, 0.1) is 0 Å². The van der Waals surface area contributed by atoms with E-state index in [4.69, 9.17) is 23.9 Å². The fourth-order valence-corrected chi connectivity index (χ4v) is 4.79. The number of imidazole rings is 1. The molecule has 4 aromatic rings. The van der Waals surface area contributed by atoms with E-state index in [0.29, 0.717) is 41.7 Å². The lowest BCUT2D eigenvalue weighted by molar-refractivity contribution is 0.0725. The van der Waals surface area contributed by atoms with Gasteiger partial charge in [-0.05, 0) is 42.3 Å². The zero-order valence-electron chi connectivity index (χ0n) is 21.3. The number of nitrogens with zero attached hydrogens (tertiary/aromatic N) is 3. The highest BCUT2D eigenvalue weighted by molar-refractivity contribution is 5.95. The van der Waals surface area contributed by atoms with Gasteiger partial charge in [0.1, 0.15) is 5.82 Å². The van der Waals surface area contributed by atoms with Gasteiger partial charge in [0, 0.05) is 24.2 Å². The fraction of sp³-hybridized carbons (Fsp3) is 0.267. The topological polar surface area (TPSA) is 75.1 Å². The average Bonchev–Trinajstić information content (AvgIpc) is 3.70. The molecule has 38 heavy (non-hydrogen) atoms. The Kier molecular flexibility index (Phi) is 6.60. The maximum absolute atomic E-state index is 13.9. The molecule has 6 rings (SSSR count). The number of aromatic nitrogens is 2. The number of hydrogen-bond donors (Lipinski definition) is 0. The van der Waals surface area contributed by atoms with Crippen molar-refractivity contribution < 1.29 is 23.7 Å². The standard InChI is InChI=1S/C30H29N3O5/c1-2-3-13-33-24(16-31-29(33)22-7-5-4-6-8-22)18-32(17-21-9-11-25-27(14-21)37-19-35-25)30(34)23-10-12-26-28(15-23)38-20-36-26/h4-12,14-16H,2-3,13,17-20H2,1H3. The summed E-state index contributed by atoms with van der Waals surface area (Å²) in [6, 6.07) is 21.3. The number of carbonyl (C=O) groups is 1. The zero-order valence-corrected chi connectivity index (χ0v) is 21.3. The number of rotatable bonds is 9. The Labute approximate surface area is 221 Å². The molecule has 0 fully saturated rings. The molecule has 2 aliphatic heterocycles. The average molecular weight is 512 g/mol. The number of amides is 1. The normalized spacial score (nSPS) is 13.1. The number of carbonyl (C=O) groups excluding carboxylic acids is 1. The maximum Gasteiger partial charge on any atom is 0.254 e. The molecule has 1 amide bonds. The molecule has 0 spiro atoms. The lowest BCUT2D eigenvalue weighted by Crippen LogP contribution is -2.31. The van der Waals surface area contributed by atoms with Gasteiger partial charge in [-0.2, -0.15) is 0 Å². The van der Waals surface area contributed by atoms with Crippen molar-refractivity contribution in [1.29, 1.82) is 0 Å². The van der Waals surface area contributed by atoms with Gasteiger partial charge < -0.3 is 28.4 Å². The summed E-state index contributed by atoms with van der Waals surface area (Å²) in [6.45, 7) is 4.15. The van der Waals surface area contributed by atoms with Crippen LogP contribution in [0.15, 0.2) is 72.9 Å². The third-order valence-electron chi connectivity index (χ3n) is 6.78. The Morgan fingerprint density at radius 1 is 0.868 bits per heavy atom. The molecular formula is C30H29N3O5. The molecule has 0 saturated heterocycles. The third kappa shape index (κ3) is 4.77. The summed E-state index contributed by atoms with van der Waals surface area (Å²) in [4.78, 5) is 20.5. The van der Waals surface area contributed by atoms with E-state index >= 15 is 0 Å². The van der Waals surface area contributed by atoms with Crippen molar-refractivity contribution in [2.24, 2.45) is 0 Å². The van der Waals surface area contributed by atoms with Gasteiger partial charge in [-0.1, -0.05) is 49.7 Å². The summed E-state index contributed by atoms with van der Waals surface area (Å²) < 4.78 is 24.3. The van der Waals surface area contributed by atoms with Gasteiger partial charge in [-0.15, -0.1) is 0 Å². The largest absolute Gasteiger partial charge is 0.454 e. The summed E-state index contributed by atoms with van der Waals surface area (Å²) in [5, 5.41) is 0. The van der Waals surface area contributed by atoms with Crippen LogP contribution in [0.2, 0.25) is 0 Å². The quantitative estimate of drug-likeness (QED) is 0.289. The lowest BCUT2D eigenvalue weighted by atomic mass is 10.1. The molecule has 0 N–H and O–H groups in total. The highest BCUT2D eigenvalue weighted by atomic mass is 16.7. The number of hydrogen-bond acceptors (Lipinski definition) is 6. The van der Waals surface area contributed by atoms with Crippen LogP contribution in [-0.4, -0.2) is 33.9 Å². The van der Waals surface area contributed by atoms with E-state index < -0.39 is 0 Å². The second-order valence-electron chi connectivity index (χ2n) is 9.36. The monoisotopic (exact) mass is 511 g/mol. The third-order valence-corrected chi connectivity index (χ3v) is 6.78. The predicted octanol–water partition coefficient (Wildman–Crippen LogP) is 5.65. The van der Waals surface area contributed by atoms with Crippen LogP contribution in [0.1, 0.15) is 41.4 Å². The second-order valence-corrected chi connectivity index (χ2v) is 9.36. The maximum atomic E-state index is 13.9. The molecule has 0 radical (unpaired) electrons. The van der Waals surface area contributed by atoms with E-state index in [0.717, 1.165) is 42.0 Å². The van der Waals surface area contributed by atoms with Gasteiger partial charge >= 0.3 is 0 Å². The van der Waals surface area contributed by atoms with Crippen LogP contribution in [0.4, 0.5) is 0 Å². The Hall–Kier alpha value is -4.46. The van der Waals surface area contributed by atoms with Crippen LogP contribution in [0.3, 0.4) is 0 Å². The summed E-state index contributed by atoms with van der Waals surface area (Å²) in [5.74, 6) is 3.44. The smallest absolute Gasteiger partial charge is 0.254 e. The molecular weight excluding hydrogens is 482 g/mol. The minimum Gasteiger partial charge on any atom is -0.454 e. The molecule has 8 nitrogen and oxygen atoms in total. The van der Waals surface area contributed by atoms with Gasteiger partial charge in [-0.25, -0.2) is 4.98 Å². The summed E-state index contributed by atoms with van der Waals surface area (Å²) in [6.07, 6.45) is 3.96. The van der Waals surface area contributed by atoms with Crippen molar-refractivity contribution in [1.82, 2.24) is 14.5 Å². The molecule has 3 heterocycles. The number of benzene rings is 3. The fourth-order valence-electron chi connectivity index (χ4n) is 4.79. The van der Waals surface area contributed by atoms with Crippen molar-refractivity contribution in [2.45, 2.75) is 39.4 Å². The molecule has 0 aliphatic carbocycles. The van der Waals surface area contributed by atoms with E-state index in [-0.39, 0.29) is 19.5 Å². The Morgan fingerprint density at radius 2 is 1.58 bits per heavy atom. The molecule has 194 valence electrons. The summed E-state index contributed by atoms with van der Waals surface area (Å²) in [5.41, 5.74) is 3.52. The Morgan fingerprint density at radius 3 is 2.34 bits per heavy atom. The van der Waals surface area contributed by atoms with E-state index in [1.807, 2.05) is 47.5 Å². The van der Waals surface area contributed by atoms with E-state index in [2.05, 4.69) is 23.6 Å². The Balaban J connectivity index is 1.35. The first-order valence-electron chi connectivity index (χ1n) is 12.9. The first-order valence-corrected chi connectivity index (χ1v) is 12.9. The van der Waals surface area contributed by atoms with Crippen molar-refractivity contribution in [3.63, 3.8) is 0 Å². The zero-order chi connectivity index (χ0) is 25.9. The van der Waals surface area contributed by atoms with E-state index in [9.17, 15) is 4.79 Å². The van der Waals surface area contributed by atoms with Gasteiger partial charge in [0.2, 0.25) is 13.6 Å². The number of unbranched alkanes of at least 4 members (excludes halogenated alkanes) is 1. The van der Waals surface area contributed by atoms with E-state index in [1.165, 1.54) is 0 Å². The minimum absolute atomic E-state index is 0.106. The van der Waals surface area contributed by atoms with Crippen LogP contribution in [0.5, 0.6) is 23.0 Å². The number of ether oxygens (including phenoxy) is 4. The Bertz CT molecular complexity index is 1450. The first kappa shape index (κ1) is 23.9. The van der Waals surface area contributed by atoms with Gasteiger partial charge in [0.05, 0.1) is 18.4 Å². The van der Waals surface area contributed by atoms with Crippen LogP contribution < -0.4 is 18.9 Å². The molecule has 2 aliphatic rings. The summed E-state index contributed by atoms with van der Waals surface area (Å²) in [7, 11) is 0. The van der Waals surface area contributed by atoms with Crippen LogP contribution >= 0.6 is 0 Å². The SMILES string of the molecule is CCCCn1c(CN(Cc2ccc3c(c2)OCO3)C(=O)c2ccc3c(c2)OCO3)cnc1-c1ccccc1. The van der Waals surface area contributed by atoms with Crippen molar-refractivity contribution in [3.8, 4) is 34.4 Å².